The van der Waals surface area contributed by atoms with Gasteiger partial charge in [-0.1, -0.05) is 20.8 Å². The molecule has 1 aliphatic carbocycles. The van der Waals surface area contributed by atoms with Gasteiger partial charge in [-0.15, -0.1) is 0 Å². The van der Waals surface area contributed by atoms with Crippen LogP contribution in [0.4, 0.5) is 4.79 Å². The Hall–Kier alpha value is -0.593. The summed E-state index contributed by atoms with van der Waals surface area (Å²) in [5.41, 5.74) is -0.470. The van der Waals surface area contributed by atoms with Gasteiger partial charge in [-0.3, -0.25) is 0 Å². The number of amides is 1. The molecule has 6 heteroatoms. The summed E-state index contributed by atoms with van der Waals surface area (Å²) < 4.78 is 11.9. The summed E-state index contributed by atoms with van der Waals surface area (Å²) in [7, 11) is -1.81. The van der Waals surface area contributed by atoms with Gasteiger partial charge in [0.25, 0.3) is 0 Å². The molecule has 2 fully saturated rings. The van der Waals surface area contributed by atoms with E-state index in [0.717, 1.165) is 12.8 Å². The second kappa shape index (κ2) is 7.44. The van der Waals surface area contributed by atoms with E-state index in [4.69, 9.17) is 9.16 Å². The standard InChI is InChI=1S/C20H39NO4Si/c1-19(2,3)25-18(23)21-10-9-15-14(12-21)11-17(22)16(15)13-24-26(7,8)20(4,5)6/h14-17,22H,9-13H2,1-8H3/t14-,15-,16-,17?/m0/s1. The second-order valence-electron chi connectivity index (χ2n) is 10.7. The maximum absolute atomic E-state index is 12.4. The Kier molecular flexibility index (Phi) is 6.21. The molecule has 1 N–H and O–H groups in total. The molecule has 1 saturated carbocycles. The monoisotopic (exact) mass is 385 g/mol. The highest BCUT2D eigenvalue weighted by molar-refractivity contribution is 6.74. The van der Waals surface area contributed by atoms with E-state index in [-0.39, 0.29) is 23.2 Å². The number of fused-ring (bicyclic) bond motifs is 1. The molecule has 0 bridgehead atoms. The van der Waals surface area contributed by atoms with Gasteiger partial charge in [0.05, 0.1) is 6.10 Å². The smallest absolute Gasteiger partial charge is 0.410 e. The molecule has 2 aliphatic rings. The zero-order valence-corrected chi connectivity index (χ0v) is 19.0. The minimum Gasteiger partial charge on any atom is -0.444 e. The van der Waals surface area contributed by atoms with E-state index >= 15 is 0 Å². The average Bonchev–Trinajstić information content (AvgIpc) is 2.76. The molecule has 26 heavy (non-hydrogen) atoms. The molecule has 0 radical (unpaired) electrons. The predicted molar refractivity (Wildman–Crippen MR) is 107 cm³/mol. The topological polar surface area (TPSA) is 59.0 Å². The van der Waals surface area contributed by atoms with Crippen LogP contribution in [0.1, 0.15) is 54.4 Å². The average molecular weight is 386 g/mol. The molecule has 0 aromatic heterocycles. The Morgan fingerprint density at radius 3 is 2.35 bits per heavy atom. The minimum atomic E-state index is -1.81. The van der Waals surface area contributed by atoms with Crippen molar-refractivity contribution in [2.24, 2.45) is 17.8 Å². The zero-order valence-electron chi connectivity index (χ0n) is 18.0. The number of aliphatic hydroxyl groups excluding tert-OH is 1. The normalized spacial score (nSPS) is 30.3. The van der Waals surface area contributed by atoms with Crippen molar-refractivity contribution in [3.8, 4) is 0 Å². The molecular weight excluding hydrogens is 346 g/mol. The number of hydrogen-bond donors (Lipinski definition) is 1. The first kappa shape index (κ1) is 21.7. The van der Waals surface area contributed by atoms with Crippen molar-refractivity contribution in [2.75, 3.05) is 19.7 Å². The Balaban J connectivity index is 1.95. The molecule has 1 heterocycles. The number of likely N-dealkylation sites (tertiary alicyclic amines) is 1. The van der Waals surface area contributed by atoms with Crippen LogP contribution in [0, 0.1) is 17.8 Å². The Labute approximate surface area is 160 Å². The highest BCUT2D eigenvalue weighted by atomic mass is 28.4. The van der Waals surface area contributed by atoms with Gasteiger partial charge < -0.3 is 19.2 Å². The summed E-state index contributed by atoms with van der Waals surface area (Å²) >= 11 is 0. The molecule has 1 aliphatic heterocycles. The van der Waals surface area contributed by atoms with E-state index in [1.54, 1.807) is 0 Å². The van der Waals surface area contributed by atoms with Crippen LogP contribution >= 0.6 is 0 Å². The Morgan fingerprint density at radius 1 is 1.19 bits per heavy atom. The number of carbonyl (C=O) groups excluding carboxylic acids is 1. The van der Waals surface area contributed by atoms with Crippen molar-refractivity contribution in [3.05, 3.63) is 0 Å². The van der Waals surface area contributed by atoms with E-state index in [1.807, 2.05) is 25.7 Å². The Bertz CT molecular complexity index is 509. The fourth-order valence-electron chi connectivity index (χ4n) is 3.88. The lowest BCUT2D eigenvalue weighted by molar-refractivity contribution is 0.00847. The number of hydrogen-bond acceptors (Lipinski definition) is 4. The zero-order chi connectivity index (χ0) is 19.9. The van der Waals surface area contributed by atoms with Crippen molar-refractivity contribution in [1.29, 1.82) is 0 Å². The van der Waals surface area contributed by atoms with Crippen molar-refractivity contribution in [2.45, 2.75) is 84.2 Å². The van der Waals surface area contributed by atoms with Crippen LogP contribution in [-0.2, 0) is 9.16 Å². The van der Waals surface area contributed by atoms with Crippen LogP contribution in [0.25, 0.3) is 0 Å². The summed E-state index contributed by atoms with van der Waals surface area (Å²) in [5, 5.41) is 10.8. The number of rotatable bonds is 3. The number of aliphatic hydroxyl groups is 1. The summed E-state index contributed by atoms with van der Waals surface area (Å²) in [5.74, 6) is 0.975. The minimum absolute atomic E-state index is 0.177. The van der Waals surface area contributed by atoms with Crippen LogP contribution in [0.15, 0.2) is 0 Å². The lowest BCUT2D eigenvalue weighted by atomic mass is 9.83. The van der Waals surface area contributed by atoms with E-state index in [0.29, 0.717) is 31.5 Å². The quantitative estimate of drug-likeness (QED) is 0.737. The van der Waals surface area contributed by atoms with Crippen molar-refractivity contribution >= 4 is 14.4 Å². The molecule has 0 aromatic rings. The van der Waals surface area contributed by atoms with Gasteiger partial charge >= 0.3 is 6.09 Å². The predicted octanol–water partition coefficient (Wildman–Crippen LogP) is 4.26. The first-order chi connectivity index (χ1) is 11.7. The highest BCUT2D eigenvalue weighted by Crippen LogP contribution is 2.44. The Morgan fingerprint density at radius 2 is 1.81 bits per heavy atom. The summed E-state index contributed by atoms with van der Waals surface area (Å²) in [6, 6.07) is 0. The summed E-state index contributed by atoms with van der Waals surface area (Å²) in [6.07, 6.45) is 1.13. The lowest BCUT2D eigenvalue weighted by Crippen LogP contribution is -2.47. The molecule has 152 valence electrons. The fraction of sp³-hybridized carbons (Fsp3) is 0.950. The summed E-state index contributed by atoms with van der Waals surface area (Å²) in [4.78, 5) is 14.2. The lowest BCUT2D eigenvalue weighted by Gasteiger charge is -2.40. The fourth-order valence-corrected chi connectivity index (χ4v) is 4.92. The molecule has 1 amide bonds. The molecule has 0 spiro atoms. The van der Waals surface area contributed by atoms with Gasteiger partial charge in [0, 0.05) is 25.6 Å². The molecule has 1 unspecified atom stereocenters. The van der Waals surface area contributed by atoms with Crippen molar-refractivity contribution in [3.63, 3.8) is 0 Å². The highest BCUT2D eigenvalue weighted by Gasteiger charge is 2.47. The largest absolute Gasteiger partial charge is 0.444 e. The molecule has 4 atom stereocenters. The van der Waals surface area contributed by atoms with Gasteiger partial charge in [0.1, 0.15) is 5.60 Å². The number of piperidine rings is 1. The van der Waals surface area contributed by atoms with E-state index in [2.05, 4.69) is 33.9 Å². The van der Waals surface area contributed by atoms with Crippen molar-refractivity contribution < 1.29 is 19.1 Å². The third kappa shape index (κ3) is 5.02. The van der Waals surface area contributed by atoms with Gasteiger partial charge in [0.15, 0.2) is 8.32 Å². The van der Waals surface area contributed by atoms with Gasteiger partial charge in [0.2, 0.25) is 0 Å². The van der Waals surface area contributed by atoms with Crippen molar-refractivity contribution in [1.82, 2.24) is 4.90 Å². The first-order valence-electron chi connectivity index (χ1n) is 10.0. The maximum Gasteiger partial charge on any atom is 0.410 e. The van der Waals surface area contributed by atoms with Crippen LogP contribution in [0.2, 0.25) is 18.1 Å². The molecule has 1 saturated heterocycles. The van der Waals surface area contributed by atoms with Crippen LogP contribution in [0.3, 0.4) is 0 Å². The van der Waals surface area contributed by atoms with Crippen LogP contribution in [0.5, 0.6) is 0 Å². The van der Waals surface area contributed by atoms with Gasteiger partial charge in [-0.25, -0.2) is 4.79 Å². The molecule has 5 nitrogen and oxygen atoms in total. The van der Waals surface area contributed by atoms with Gasteiger partial charge in [-0.05, 0) is 63.6 Å². The maximum atomic E-state index is 12.4. The van der Waals surface area contributed by atoms with E-state index in [1.165, 1.54) is 0 Å². The SMILES string of the molecule is CC(C)(C)OC(=O)N1CC[C@H]2[C@@H](CC(O)[C@H]2CO[Si](C)(C)C(C)(C)C)C1. The molecular formula is C20H39NO4Si. The molecule has 2 rings (SSSR count). The first-order valence-corrected chi connectivity index (χ1v) is 12.9. The van der Waals surface area contributed by atoms with E-state index < -0.39 is 13.9 Å². The third-order valence-corrected chi connectivity index (χ3v) is 11.0. The van der Waals surface area contributed by atoms with Crippen LogP contribution in [-0.4, -0.2) is 55.8 Å². The number of ether oxygens (including phenoxy) is 1. The number of nitrogens with zero attached hydrogens (tertiary/aromatic N) is 1. The molecule has 0 aromatic carbocycles. The van der Waals surface area contributed by atoms with E-state index in [9.17, 15) is 9.90 Å². The second-order valence-corrected chi connectivity index (χ2v) is 15.5. The summed E-state index contributed by atoms with van der Waals surface area (Å²) in [6.45, 7) is 19.0. The van der Waals surface area contributed by atoms with Gasteiger partial charge in [-0.2, -0.15) is 0 Å². The third-order valence-electron chi connectivity index (χ3n) is 6.48. The van der Waals surface area contributed by atoms with Crippen LogP contribution < -0.4 is 0 Å². The number of carbonyl (C=O) groups is 1.